The van der Waals surface area contributed by atoms with E-state index in [0.29, 0.717) is 36.0 Å². The van der Waals surface area contributed by atoms with Crippen molar-refractivity contribution in [1.82, 2.24) is 0 Å². The third-order valence-electron chi connectivity index (χ3n) is 7.42. The number of benzene rings is 2. The molecule has 0 unspecified atom stereocenters. The van der Waals surface area contributed by atoms with E-state index in [1.54, 1.807) is 12.1 Å². The highest BCUT2D eigenvalue weighted by Gasteiger charge is 2.32. The second-order valence-corrected chi connectivity index (χ2v) is 9.74. The number of aryl methyl sites for hydroxylation is 1. The van der Waals surface area contributed by atoms with Crippen LogP contribution in [0.4, 0.5) is 0 Å². The highest BCUT2D eigenvalue weighted by atomic mass is 16.5. The van der Waals surface area contributed by atoms with Crippen molar-refractivity contribution in [3.8, 4) is 28.7 Å². The predicted octanol–water partition coefficient (Wildman–Crippen LogP) is 5.29. The van der Waals surface area contributed by atoms with E-state index in [1.165, 1.54) is 14.2 Å². The summed E-state index contributed by atoms with van der Waals surface area (Å²) in [7, 11) is 3.06. The maximum absolute atomic E-state index is 10.7. The lowest BCUT2D eigenvalue weighted by molar-refractivity contribution is -0.0999. The van der Waals surface area contributed by atoms with Crippen molar-refractivity contribution in [2.24, 2.45) is 5.92 Å². The van der Waals surface area contributed by atoms with E-state index in [-0.39, 0.29) is 29.8 Å². The number of phenolic OH excluding ortho intramolecular Hbond substituents is 2. The summed E-state index contributed by atoms with van der Waals surface area (Å²) >= 11 is 0. The van der Waals surface area contributed by atoms with Gasteiger partial charge < -0.3 is 34.3 Å². The molecular formula is C28H38O7. The van der Waals surface area contributed by atoms with E-state index in [0.717, 1.165) is 49.7 Å². The van der Waals surface area contributed by atoms with Gasteiger partial charge in [0.05, 0.1) is 32.5 Å². The van der Waals surface area contributed by atoms with Gasteiger partial charge >= 0.3 is 0 Å². The van der Waals surface area contributed by atoms with Gasteiger partial charge in [0.2, 0.25) is 5.75 Å². The SMILES string of the molecule is CC[C@H]1CCC[C@H]1Oc1cc([C@H]2C[C@@H](O)C[C@H](CCc3ccc(O)c(OC)c3)O2)cc(OC)c1O. The lowest BCUT2D eigenvalue weighted by atomic mass is 9.93. The standard InChI is InChI=1S/C28H38O7/c1-4-18-6-5-7-23(18)35-27-14-19(13-26(33-3)28(27)31)24-16-20(29)15-21(34-24)10-8-17-9-11-22(30)25(12-17)32-2/h9,11-14,18,20-21,23-24,29-31H,4-8,10,15-16H2,1-3H3/t18-,20-,21-,23+,24+/m0/s1. The van der Waals surface area contributed by atoms with Gasteiger partial charge in [-0.15, -0.1) is 0 Å². The molecule has 7 nitrogen and oxygen atoms in total. The largest absolute Gasteiger partial charge is 0.504 e. The Hall–Kier alpha value is -2.64. The van der Waals surface area contributed by atoms with E-state index in [1.807, 2.05) is 18.2 Å². The Kier molecular flexibility index (Phi) is 8.29. The fourth-order valence-corrected chi connectivity index (χ4v) is 5.42. The Morgan fingerprint density at radius 3 is 2.49 bits per heavy atom. The summed E-state index contributed by atoms with van der Waals surface area (Å²) < 4.78 is 23.4. The molecule has 0 radical (unpaired) electrons. The Balaban J connectivity index is 1.49. The molecule has 4 rings (SSSR count). The normalized spacial score (nSPS) is 26.5. The number of phenols is 2. The van der Waals surface area contributed by atoms with Crippen molar-refractivity contribution in [2.75, 3.05) is 14.2 Å². The second kappa shape index (κ2) is 11.4. The summed E-state index contributed by atoms with van der Waals surface area (Å²) in [6, 6.07) is 8.94. The lowest BCUT2D eigenvalue weighted by Gasteiger charge is -2.34. The number of rotatable bonds is 9. The topological polar surface area (TPSA) is 97.6 Å². The molecule has 1 aliphatic heterocycles. The first-order valence-corrected chi connectivity index (χ1v) is 12.7. The molecule has 0 bridgehead atoms. The Labute approximate surface area is 207 Å². The molecule has 5 atom stereocenters. The number of aromatic hydroxyl groups is 2. The van der Waals surface area contributed by atoms with Gasteiger partial charge in [-0.2, -0.15) is 0 Å². The first-order valence-electron chi connectivity index (χ1n) is 12.7. The Morgan fingerprint density at radius 1 is 0.971 bits per heavy atom. The molecule has 7 heteroatoms. The molecule has 1 saturated heterocycles. The second-order valence-electron chi connectivity index (χ2n) is 9.74. The van der Waals surface area contributed by atoms with Crippen LogP contribution in [-0.2, 0) is 11.2 Å². The number of hydrogen-bond acceptors (Lipinski definition) is 7. The van der Waals surface area contributed by atoms with Crippen LogP contribution < -0.4 is 14.2 Å². The molecule has 1 aliphatic carbocycles. The van der Waals surface area contributed by atoms with Crippen LogP contribution in [0.25, 0.3) is 0 Å². The van der Waals surface area contributed by atoms with Gasteiger partial charge in [-0.3, -0.25) is 0 Å². The molecular weight excluding hydrogens is 448 g/mol. The third kappa shape index (κ3) is 5.96. The van der Waals surface area contributed by atoms with Gasteiger partial charge in [0.15, 0.2) is 23.0 Å². The molecule has 35 heavy (non-hydrogen) atoms. The first kappa shape index (κ1) is 25.5. The zero-order valence-electron chi connectivity index (χ0n) is 20.9. The minimum atomic E-state index is -0.489. The van der Waals surface area contributed by atoms with Gasteiger partial charge in [0.25, 0.3) is 0 Å². The number of aliphatic hydroxyl groups is 1. The van der Waals surface area contributed by atoms with Crippen molar-refractivity contribution in [1.29, 1.82) is 0 Å². The number of ether oxygens (including phenoxy) is 4. The van der Waals surface area contributed by atoms with Crippen LogP contribution in [0, 0.1) is 5.92 Å². The Morgan fingerprint density at radius 2 is 1.74 bits per heavy atom. The number of aliphatic hydroxyl groups excluding tert-OH is 1. The van der Waals surface area contributed by atoms with E-state index in [2.05, 4.69) is 6.92 Å². The summed E-state index contributed by atoms with van der Waals surface area (Å²) in [6.07, 6.45) is 5.92. The molecule has 2 aliphatic rings. The molecule has 1 saturated carbocycles. The van der Waals surface area contributed by atoms with E-state index in [4.69, 9.17) is 18.9 Å². The molecule has 2 aromatic carbocycles. The van der Waals surface area contributed by atoms with Crippen LogP contribution >= 0.6 is 0 Å². The summed E-state index contributed by atoms with van der Waals surface area (Å²) in [5.74, 6) is 1.82. The zero-order chi connectivity index (χ0) is 24.9. The molecule has 3 N–H and O–H groups in total. The van der Waals surface area contributed by atoms with E-state index in [9.17, 15) is 15.3 Å². The van der Waals surface area contributed by atoms with Crippen molar-refractivity contribution >= 4 is 0 Å². The van der Waals surface area contributed by atoms with E-state index >= 15 is 0 Å². The molecule has 192 valence electrons. The fraction of sp³-hybridized carbons (Fsp3) is 0.571. The summed E-state index contributed by atoms with van der Waals surface area (Å²) in [5, 5.41) is 31.2. The molecule has 2 fully saturated rings. The van der Waals surface area contributed by atoms with E-state index < -0.39 is 6.10 Å². The molecule has 0 spiro atoms. The van der Waals surface area contributed by atoms with Gasteiger partial charge in [0.1, 0.15) is 6.10 Å². The number of hydrogen-bond donors (Lipinski definition) is 3. The zero-order valence-corrected chi connectivity index (χ0v) is 20.9. The Bertz CT molecular complexity index is 992. The highest BCUT2D eigenvalue weighted by Crippen LogP contribution is 2.44. The first-order chi connectivity index (χ1) is 16.9. The monoisotopic (exact) mass is 486 g/mol. The van der Waals surface area contributed by atoms with Crippen LogP contribution in [0.3, 0.4) is 0 Å². The van der Waals surface area contributed by atoms with Crippen LogP contribution in [0.1, 0.15) is 69.1 Å². The third-order valence-corrected chi connectivity index (χ3v) is 7.42. The molecule has 1 heterocycles. The van der Waals surface area contributed by atoms with Crippen molar-refractivity contribution < 1.29 is 34.3 Å². The smallest absolute Gasteiger partial charge is 0.200 e. The maximum atomic E-state index is 10.7. The van der Waals surface area contributed by atoms with Crippen molar-refractivity contribution in [3.05, 3.63) is 41.5 Å². The van der Waals surface area contributed by atoms with Crippen LogP contribution in [0.5, 0.6) is 28.7 Å². The quantitative estimate of drug-likeness (QED) is 0.443. The maximum Gasteiger partial charge on any atom is 0.200 e. The summed E-state index contributed by atoms with van der Waals surface area (Å²) in [4.78, 5) is 0. The average molecular weight is 487 g/mol. The average Bonchev–Trinajstić information content (AvgIpc) is 3.31. The van der Waals surface area contributed by atoms with Crippen molar-refractivity contribution in [2.45, 2.75) is 82.7 Å². The summed E-state index contributed by atoms with van der Waals surface area (Å²) in [5.41, 5.74) is 1.86. The lowest BCUT2D eigenvalue weighted by Crippen LogP contribution is -2.31. The molecule has 0 amide bonds. The van der Waals surface area contributed by atoms with Gasteiger partial charge in [-0.1, -0.05) is 13.0 Å². The summed E-state index contributed by atoms with van der Waals surface area (Å²) in [6.45, 7) is 2.18. The van der Waals surface area contributed by atoms with Crippen molar-refractivity contribution in [3.63, 3.8) is 0 Å². The van der Waals surface area contributed by atoms with Crippen LogP contribution in [0.15, 0.2) is 30.3 Å². The van der Waals surface area contributed by atoms with Gasteiger partial charge in [-0.05, 0) is 86.3 Å². The van der Waals surface area contributed by atoms with Gasteiger partial charge in [0, 0.05) is 6.42 Å². The number of methoxy groups -OCH3 is 2. The minimum Gasteiger partial charge on any atom is -0.504 e. The van der Waals surface area contributed by atoms with Crippen LogP contribution in [0.2, 0.25) is 0 Å². The molecule has 2 aromatic rings. The minimum absolute atomic E-state index is 0.00666. The van der Waals surface area contributed by atoms with Crippen LogP contribution in [-0.4, -0.2) is 47.9 Å². The fourth-order valence-electron chi connectivity index (χ4n) is 5.42. The molecule has 0 aromatic heterocycles. The predicted molar refractivity (Wildman–Crippen MR) is 133 cm³/mol. The van der Waals surface area contributed by atoms with Gasteiger partial charge in [-0.25, -0.2) is 0 Å². The highest BCUT2D eigenvalue weighted by molar-refractivity contribution is 5.53.